The van der Waals surface area contributed by atoms with Crippen molar-refractivity contribution in [3.63, 3.8) is 0 Å². The van der Waals surface area contributed by atoms with E-state index in [-0.39, 0.29) is 5.56 Å². The van der Waals surface area contributed by atoms with Crippen molar-refractivity contribution in [2.75, 3.05) is 12.4 Å². The summed E-state index contributed by atoms with van der Waals surface area (Å²) in [7, 11) is 1.70. The van der Waals surface area contributed by atoms with E-state index in [1.807, 2.05) is 0 Å². The fraction of sp³-hybridized carbons (Fsp3) is 0.0500. The average Bonchev–Trinajstić information content (AvgIpc) is 2.65. The van der Waals surface area contributed by atoms with Gasteiger partial charge in [0.15, 0.2) is 5.82 Å². The SMILES string of the molecule is C=C/C(=C\N=C)c1nc(NC)c2cc(-c3ccc(F)cc3F)cc(Cl)c2n1. The van der Waals surface area contributed by atoms with Crippen molar-refractivity contribution >= 4 is 40.6 Å². The first-order chi connectivity index (χ1) is 13.0. The number of nitrogens with one attached hydrogen (secondary N) is 1. The molecule has 2 aromatic carbocycles. The third kappa shape index (κ3) is 3.57. The molecule has 0 saturated heterocycles. The van der Waals surface area contributed by atoms with Crippen molar-refractivity contribution in [2.24, 2.45) is 4.99 Å². The van der Waals surface area contributed by atoms with Gasteiger partial charge in [-0.15, -0.1) is 0 Å². The molecule has 7 heteroatoms. The summed E-state index contributed by atoms with van der Waals surface area (Å²) in [5, 5.41) is 3.90. The number of nitrogens with zero attached hydrogens (tertiary/aromatic N) is 3. The molecule has 1 heterocycles. The summed E-state index contributed by atoms with van der Waals surface area (Å²) in [4.78, 5) is 12.7. The molecule has 0 unspecified atom stereocenters. The van der Waals surface area contributed by atoms with Crippen molar-refractivity contribution < 1.29 is 8.78 Å². The molecule has 0 aliphatic rings. The summed E-state index contributed by atoms with van der Waals surface area (Å²) < 4.78 is 27.4. The van der Waals surface area contributed by atoms with Crippen LogP contribution in [0.3, 0.4) is 0 Å². The van der Waals surface area contributed by atoms with Crippen LogP contribution >= 0.6 is 11.6 Å². The number of rotatable bonds is 5. The molecule has 1 aromatic heterocycles. The number of aliphatic imine (C=N–C) groups is 1. The van der Waals surface area contributed by atoms with Crippen LogP contribution in [0.2, 0.25) is 5.02 Å². The number of anilines is 1. The van der Waals surface area contributed by atoms with Crippen LogP contribution in [0.4, 0.5) is 14.6 Å². The fourth-order valence-corrected chi connectivity index (χ4v) is 2.95. The Morgan fingerprint density at radius 3 is 2.63 bits per heavy atom. The van der Waals surface area contributed by atoms with E-state index in [4.69, 9.17) is 11.6 Å². The third-order valence-corrected chi connectivity index (χ3v) is 4.23. The molecule has 0 radical (unpaired) electrons. The Hall–Kier alpha value is -3.12. The molecule has 0 aliphatic heterocycles. The zero-order valence-corrected chi connectivity index (χ0v) is 15.2. The lowest BCUT2D eigenvalue weighted by Crippen LogP contribution is -2.01. The summed E-state index contributed by atoms with van der Waals surface area (Å²) in [5.41, 5.74) is 1.78. The van der Waals surface area contributed by atoms with Crippen LogP contribution in [0.1, 0.15) is 5.82 Å². The highest BCUT2D eigenvalue weighted by atomic mass is 35.5. The summed E-state index contributed by atoms with van der Waals surface area (Å²) in [5.74, 6) is -0.454. The normalized spacial score (nSPS) is 11.5. The summed E-state index contributed by atoms with van der Waals surface area (Å²) in [6.07, 6.45) is 3.05. The largest absolute Gasteiger partial charge is 0.373 e. The van der Waals surface area contributed by atoms with Gasteiger partial charge in [-0.25, -0.2) is 18.7 Å². The van der Waals surface area contributed by atoms with Crippen LogP contribution in [0, 0.1) is 11.6 Å². The number of halogens is 3. The Morgan fingerprint density at radius 2 is 2.00 bits per heavy atom. The Labute approximate surface area is 159 Å². The highest BCUT2D eigenvalue weighted by Gasteiger charge is 2.15. The summed E-state index contributed by atoms with van der Waals surface area (Å²) in [6.45, 7) is 7.15. The van der Waals surface area contributed by atoms with Crippen molar-refractivity contribution in [3.05, 3.63) is 71.7 Å². The van der Waals surface area contributed by atoms with Gasteiger partial charge in [0, 0.05) is 35.8 Å². The standard InChI is InChI=1S/C20H15ClF2N4/c1-4-11(10-24-2)19-26-18-15(20(25-3)27-19)7-12(8-16(18)21)14-6-5-13(22)9-17(14)23/h4-10H,1-2H2,3H3,(H,25,26,27)/b11-10+. The predicted molar refractivity (Wildman–Crippen MR) is 107 cm³/mol. The van der Waals surface area contributed by atoms with E-state index < -0.39 is 11.6 Å². The number of benzene rings is 2. The van der Waals surface area contributed by atoms with Crippen molar-refractivity contribution in [3.8, 4) is 11.1 Å². The summed E-state index contributed by atoms with van der Waals surface area (Å²) in [6, 6.07) is 6.68. The maximum absolute atomic E-state index is 14.2. The highest BCUT2D eigenvalue weighted by molar-refractivity contribution is 6.35. The minimum atomic E-state index is -0.678. The van der Waals surface area contributed by atoms with Gasteiger partial charge >= 0.3 is 0 Å². The first-order valence-electron chi connectivity index (χ1n) is 7.91. The molecule has 0 atom stereocenters. The van der Waals surface area contributed by atoms with Gasteiger partial charge in [0.05, 0.1) is 10.5 Å². The molecule has 0 spiro atoms. The van der Waals surface area contributed by atoms with Crippen LogP contribution in [0.15, 0.2) is 54.2 Å². The predicted octanol–water partition coefficient (Wildman–Crippen LogP) is 5.50. The Kier molecular flexibility index (Phi) is 5.28. The zero-order valence-electron chi connectivity index (χ0n) is 14.4. The monoisotopic (exact) mass is 384 g/mol. The lowest BCUT2D eigenvalue weighted by molar-refractivity contribution is 0.585. The molecule has 0 saturated carbocycles. The van der Waals surface area contributed by atoms with E-state index in [9.17, 15) is 8.78 Å². The lowest BCUT2D eigenvalue weighted by Gasteiger charge is -2.12. The van der Waals surface area contributed by atoms with Gasteiger partial charge in [-0.05, 0) is 36.5 Å². The van der Waals surface area contributed by atoms with E-state index in [1.165, 1.54) is 18.3 Å². The molecule has 3 rings (SSSR count). The number of aromatic nitrogens is 2. The minimum absolute atomic E-state index is 0.230. The third-order valence-electron chi connectivity index (χ3n) is 3.94. The highest BCUT2D eigenvalue weighted by Crippen LogP contribution is 2.34. The van der Waals surface area contributed by atoms with Crippen LogP contribution in [0.5, 0.6) is 0 Å². The Balaban J connectivity index is 2.28. The molecule has 1 N–H and O–H groups in total. The molecule has 0 aliphatic carbocycles. The molecule has 0 bridgehead atoms. The molecular weight excluding hydrogens is 370 g/mol. The smallest absolute Gasteiger partial charge is 0.163 e. The van der Waals surface area contributed by atoms with E-state index in [1.54, 1.807) is 25.3 Å². The van der Waals surface area contributed by atoms with Crippen molar-refractivity contribution in [1.29, 1.82) is 0 Å². The zero-order chi connectivity index (χ0) is 19.6. The van der Waals surface area contributed by atoms with Gasteiger partial charge in [0.25, 0.3) is 0 Å². The maximum atomic E-state index is 14.2. The molecule has 136 valence electrons. The van der Waals surface area contributed by atoms with Gasteiger partial charge in [0.2, 0.25) is 0 Å². The number of hydrogen-bond acceptors (Lipinski definition) is 4. The maximum Gasteiger partial charge on any atom is 0.163 e. The quantitative estimate of drug-likeness (QED) is 0.467. The molecular formula is C20H15ClF2N4. The molecule has 4 nitrogen and oxygen atoms in total. The van der Waals surface area contributed by atoms with E-state index in [2.05, 4.69) is 33.6 Å². The first-order valence-corrected chi connectivity index (χ1v) is 8.29. The Morgan fingerprint density at radius 1 is 1.22 bits per heavy atom. The van der Waals surface area contributed by atoms with E-state index in [0.717, 1.165) is 6.07 Å². The van der Waals surface area contributed by atoms with Gasteiger partial charge in [-0.2, -0.15) is 0 Å². The minimum Gasteiger partial charge on any atom is -0.373 e. The van der Waals surface area contributed by atoms with Crippen LogP contribution in [-0.2, 0) is 0 Å². The summed E-state index contributed by atoms with van der Waals surface area (Å²) >= 11 is 6.43. The van der Waals surface area contributed by atoms with Gasteiger partial charge in [0.1, 0.15) is 17.5 Å². The van der Waals surface area contributed by atoms with Gasteiger partial charge < -0.3 is 5.32 Å². The topological polar surface area (TPSA) is 50.2 Å². The molecule has 3 aromatic rings. The van der Waals surface area contributed by atoms with Crippen LogP contribution in [-0.4, -0.2) is 23.7 Å². The lowest BCUT2D eigenvalue weighted by atomic mass is 10.0. The van der Waals surface area contributed by atoms with Gasteiger partial charge in [-0.1, -0.05) is 24.3 Å². The number of allylic oxidation sites excluding steroid dienone is 2. The first kappa shape index (κ1) is 18.7. The van der Waals surface area contributed by atoms with E-state index in [0.29, 0.717) is 38.7 Å². The fourth-order valence-electron chi connectivity index (χ4n) is 2.69. The van der Waals surface area contributed by atoms with E-state index >= 15 is 0 Å². The molecule has 27 heavy (non-hydrogen) atoms. The van der Waals surface area contributed by atoms with Crippen molar-refractivity contribution in [2.45, 2.75) is 0 Å². The molecule has 0 fully saturated rings. The van der Waals surface area contributed by atoms with Crippen molar-refractivity contribution in [1.82, 2.24) is 9.97 Å². The number of fused-ring (bicyclic) bond motifs is 1. The molecule has 0 amide bonds. The second-order valence-electron chi connectivity index (χ2n) is 5.60. The Bertz CT molecular complexity index is 1090. The average molecular weight is 385 g/mol. The second kappa shape index (κ2) is 7.63. The number of hydrogen-bond donors (Lipinski definition) is 1. The van der Waals surface area contributed by atoms with Gasteiger partial charge in [-0.3, -0.25) is 4.99 Å². The van der Waals surface area contributed by atoms with Crippen LogP contribution < -0.4 is 5.32 Å². The van der Waals surface area contributed by atoms with Crippen LogP contribution in [0.25, 0.3) is 27.6 Å². The second-order valence-corrected chi connectivity index (χ2v) is 6.00.